The maximum Gasteiger partial charge on any atom is 0.227 e. The summed E-state index contributed by atoms with van der Waals surface area (Å²) < 4.78 is 0. The van der Waals surface area contributed by atoms with Crippen molar-refractivity contribution >= 4 is 17.5 Å². The lowest BCUT2D eigenvalue weighted by molar-refractivity contribution is -0.134. The van der Waals surface area contributed by atoms with Crippen LogP contribution in [0.2, 0.25) is 0 Å². The van der Waals surface area contributed by atoms with Gasteiger partial charge in [0.25, 0.3) is 0 Å². The van der Waals surface area contributed by atoms with Gasteiger partial charge in [-0.25, -0.2) is 0 Å². The van der Waals surface area contributed by atoms with Crippen LogP contribution in [0.15, 0.2) is 24.3 Å². The number of fused-ring (bicyclic) bond motifs is 1. The second-order valence-corrected chi connectivity index (χ2v) is 6.22. The van der Waals surface area contributed by atoms with Crippen molar-refractivity contribution in [2.45, 2.75) is 38.2 Å². The molecular weight excluding hydrogens is 280 g/mol. The van der Waals surface area contributed by atoms with Gasteiger partial charge in [-0.15, -0.1) is 0 Å². The number of carbonyl (C=O) groups is 2. The van der Waals surface area contributed by atoms with Crippen molar-refractivity contribution in [2.24, 2.45) is 5.92 Å². The van der Waals surface area contributed by atoms with Crippen LogP contribution in [0.3, 0.4) is 0 Å². The van der Waals surface area contributed by atoms with Crippen LogP contribution in [0.1, 0.15) is 31.2 Å². The smallest absolute Gasteiger partial charge is 0.227 e. The lowest BCUT2D eigenvalue weighted by Crippen LogP contribution is -2.42. The van der Waals surface area contributed by atoms with Crippen molar-refractivity contribution in [2.75, 3.05) is 18.4 Å². The van der Waals surface area contributed by atoms with Crippen molar-refractivity contribution in [3.05, 3.63) is 29.8 Å². The van der Waals surface area contributed by atoms with E-state index in [1.165, 1.54) is 0 Å². The van der Waals surface area contributed by atoms with Gasteiger partial charge in [-0.1, -0.05) is 18.2 Å². The van der Waals surface area contributed by atoms with Gasteiger partial charge in [-0.05, 0) is 37.3 Å². The van der Waals surface area contributed by atoms with Crippen molar-refractivity contribution < 1.29 is 14.7 Å². The predicted molar refractivity (Wildman–Crippen MR) is 83.3 cm³/mol. The summed E-state index contributed by atoms with van der Waals surface area (Å²) in [5.74, 6) is -0.0934. The summed E-state index contributed by atoms with van der Waals surface area (Å²) in [7, 11) is 0. The Kier molecular flexibility index (Phi) is 4.43. The van der Waals surface area contributed by atoms with E-state index < -0.39 is 6.10 Å². The molecule has 3 rings (SSSR count). The second kappa shape index (κ2) is 6.48. The molecule has 22 heavy (non-hydrogen) atoms. The van der Waals surface area contributed by atoms with Crippen LogP contribution >= 0.6 is 0 Å². The van der Waals surface area contributed by atoms with Crippen LogP contribution in [-0.4, -0.2) is 41.0 Å². The molecule has 1 aromatic rings. The molecule has 2 aliphatic heterocycles. The van der Waals surface area contributed by atoms with Gasteiger partial charge in [-0.2, -0.15) is 0 Å². The third kappa shape index (κ3) is 3.30. The molecule has 5 nitrogen and oxygen atoms in total. The molecule has 0 aromatic heterocycles. The molecule has 2 aliphatic rings. The number of aliphatic hydroxyl groups excluding tert-OH is 1. The molecule has 0 bridgehead atoms. The van der Waals surface area contributed by atoms with E-state index in [-0.39, 0.29) is 17.7 Å². The molecule has 2 heterocycles. The summed E-state index contributed by atoms with van der Waals surface area (Å²) in [6.07, 6.45) is 2.84. The summed E-state index contributed by atoms with van der Waals surface area (Å²) in [5, 5.41) is 12.6. The molecule has 0 saturated carbocycles. The number of aliphatic hydroxyl groups is 1. The SMILES string of the molecule is O=C1Nc2ccccc2CC1CCC(=O)N1CCCC(O)C1. The Morgan fingerprint density at radius 2 is 2.18 bits per heavy atom. The minimum Gasteiger partial charge on any atom is -0.391 e. The van der Waals surface area contributed by atoms with Crippen LogP contribution in [0.4, 0.5) is 5.69 Å². The average Bonchev–Trinajstić information content (AvgIpc) is 2.52. The Balaban J connectivity index is 1.55. The first-order valence-electron chi connectivity index (χ1n) is 7.98. The van der Waals surface area contributed by atoms with Crippen molar-refractivity contribution in [1.29, 1.82) is 0 Å². The van der Waals surface area contributed by atoms with Gasteiger partial charge in [0.05, 0.1) is 6.10 Å². The van der Waals surface area contributed by atoms with E-state index in [1.54, 1.807) is 4.90 Å². The van der Waals surface area contributed by atoms with Crippen LogP contribution in [0, 0.1) is 5.92 Å². The predicted octanol–water partition coefficient (Wildman–Crippen LogP) is 1.56. The van der Waals surface area contributed by atoms with Crippen LogP contribution in [0.5, 0.6) is 0 Å². The average molecular weight is 302 g/mol. The van der Waals surface area contributed by atoms with E-state index in [9.17, 15) is 14.7 Å². The number of β-amino-alcohol motifs (C(OH)–C–C–N with tert-alkyl or cyclic N) is 1. The molecule has 0 radical (unpaired) electrons. The second-order valence-electron chi connectivity index (χ2n) is 6.22. The van der Waals surface area contributed by atoms with E-state index in [1.807, 2.05) is 24.3 Å². The normalized spacial score (nSPS) is 24.6. The van der Waals surface area contributed by atoms with E-state index in [0.717, 1.165) is 30.6 Å². The Hall–Kier alpha value is -1.88. The molecule has 2 amide bonds. The number of piperidine rings is 1. The molecular formula is C17H22N2O3. The number of likely N-dealkylation sites (tertiary alicyclic amines) is 1. The lowest BCUT2D eigenvalue weighted by Gasteiger charge is -2.31. The quantitative estimate of drug-likeness (QED) is 0.890. The minimum atomic E-state index is -0.400. The van der Waals surface area contributed by atoms with Crippen LogP contribution in [0.25, 0.3) is 0 Å². The zero-order chi connectivity index (χ0) is 15.5. The molecule has 2 unspecified atom stereocenters. The first kappa shape index (κ1) is 15.0. The van der Waals surface area contributed by atoms with Crippen molar-refractivity contribution in [1.82, 2.24) is 4.90 Å². The summed E-state index contributed by atoms with van der Waals surface area (Å²) in [6, 6.07) is 7.80. The Bertz CT molecular complexity index is 573. The van der Waals surface area contributed by atoms with Gasteiger partial charge in [0, 0.05) is 31.1 Å². The number of para-hydroxylation sites is 1. The monoisotopic (exact) mass is 302 g/mol. The van der Waals surface area contributed by atoms with E-state index in [2.05, 4.69) is 5.32 Å². The topological polar surface area (TPSA) is 69.6 Å². The van der Waals surface area contributed by atoms with Crippen molar-refractivity contribution in [3.63, 3.8) is 0 Å². The summed E-state index contributed by atoms with van der Waals surface area (Å²) in [5.41, 5.74) is 2.02. The number of hydrogen-bond donors (Lipinski definition) is 2. The highest BCUT2D eigenvalue weighted by Gasteiger charge is 2.28. The van der Waals surface area contributed by atoms with Gasteiger partial charge in [0.2, 0.25) is 11.8 Å². The fourth-order valence-electron chi connectivity index (χ4n) is 3.28. The molecule has 1 fully saturated rings. The number of nitrogens with zero attached hydrogens (tertiary/aromatic N) is 1. The molecule has 2 atom stereocenters. The number of nitrogens with one attached hydrogen (secondary N) is 1. The molecule has 1 saturated heterocycles. The maximum atomic E-state index is 12.2. The van der Waals surface area contributed by atoms with Crippen molar-refractivity contribution in [3.8, 4) is 0 Å². The number of anilines is 1. The molecule has 0 spiro atoms. The van der Waals surface area contributed by atoms with E-state index in [4.69, 9.17) is 0 Å². The van der Waals surface area contributed by atoms with Crippen LogP contribution < -0.4 is 5.32 Å². The number of rotatable bonds is 3. The number of amides is 2. The highest BCUT2D eigenvalue weighted by Crippen LogP contribution is 2.27. The van der Waals surface area contributed by atoms with Gasteiger partial charge in [-0.3, -0.25) is 9.59 Å². The van der Waals surface area contributed by atoms with Gasteiger partial charge < -0.3 is 15.3 Å². The molecule has 118 valence electrons. The minimum absolute atomic E-state index is 0.00480. The Labute approximate surface area is 130 Å². The number of hydrogen-bond acceptors (Lipinski definition) is 3. The number of benzene rings is 1. The molecule has 1 aromatic carbocycles. The maximum absolute atomic E-state index is 12.2. The summed E-state index contributed by atoms with van der Waals surface area (Å²) in [4.78, 5) is 26.1. The molecule has 0 aliphatic carbocycles. The number of carbonyl (C=O) groups excluding carboxylic acids is 2. The fourth-order valence-corrected chi connectivity index (χ4v) is 3.28. The first-order chi connectivity index (χ1) is 10.6. The summed E-state index contributed by atoms with van der Waals surface area (Å²) in [6.45, 7) is 1.15. The first-order valence-corrected chi connectivity index (χ1v) is 7.98. The van der Waals surface area contributed by atoms with Crippen LogP contribution in [-0.2, 0) is 16.0 Å². The van der Waals surface area contributed by atoms with Gasteiger partial charge in [0.15, 0.2) is 0 Å². The highest BCUT2D eigenvalue weighted by atomic mass is 16.3. The zero-order valence-electron chi connectivity index (χ0n) is 12.6. The Morgan fingerprint density at radius 3 is 3.00 bits per heavy atom. The zero-order valence-corrected chi connectivity index (χ0v) is 12.6. The van der Waals surface area contributed by atoms with E-state index in [0.29, 0.717) is 25.8 Å². The molecule has 5 heteroatoms. The van der Waals surface area contributed by atoms with Gasteiger partial charge >= 0.3 is 0 Å². The molecule has 2 N–H and O–H groups in total. The standard InChI is InChI=1S/C17H22N2O3/c20-14-5-3-9-19(11-14)16(21)8-7-13-10-12-4-1-2-6-15(12)18-17(13)22/h1-2,4,6,13-14,20H,3,5,7-11H2,(H,18,22). The third-order valence-corrected chi connectivity index (χ3v) is 4.57. The van der Waals surface area contributed by atoms with E-state index >= 15 is 0 Å². The highest BCUT2D eigenvalue weighted by molar-refractivity contribution is 5.96. The van der Waals surface area contributed by atoms with Gasteiger partial charge in [0.1, 0.15) is 0 Å². The Morgan fingerprint density at radius 1 is 1.36 bits per heavy atom. The largest absolute Gasteiger partial charge is 0.391 e. The lowest BCUT2D eigenvalue weighted by atomic mass is 9.89. The third-order valence-electron chi connectivity index (χ3n) is 4.57. The summed E-state index contributed by atoms with van der Waals surface area (Å²) >= 11 is 0. The fraction of sp³-hybridized carbons (Fsp3) is 0.529.